The molecule has 0 aliphatic rings. The number of nitrogens with one attached hydrogen (secondary N) is 1. The Morgan fingerprint density at radius 2 is 2.00 bits per heavy atom. The third kappa shape index (κ3) is 4.99. The van der Waals surface area contributed by atoms with Gasteiger partial charge >= 0.3 is 0 Å². The number of hydrogen-bond donors (Lipinski definition) is 2. The van der Waals surface area contributed by atoms with Gasteiger partial charge in [-0.1, -0.05) is 26.0 Å². The molecule has 3 N–H and O–H groups in total. The van der Waals surface area contributed by atoms with Crippen molar-refractivity contribution in [3.8, 4) is 0 Å². The molecule has 0 rings (SSSR count). The molecule has 0 saturated heterocycles. The van der Waals surface area contributed by atoms with Gasteiger partial charge in [0.05, 0.1) is 0 Å². The first-order valence-electron chi connectivity index (χ1n) is 4.19. The summed E-state index contributed by atoms with van der Waals surface area (Å²) in [6, 6.07) is 0.289. The molecule has 0 heterocycles. The number of hydrogen-bond acceptors (Lipinski definition) is 2. The van der Waals surface area contributed by atoms with E-state index in [1.54, 1.807) is 0 Å². The minimum atomic E-state index is 0.289. The summed E-state index contributed by atoms with van der Waals surface area (Å²) in [6.45, 7) is 10.3. The largest absolute Gasteiger partial charge is 0.271 e. The van der Waals surface area contributed by atoms with Crippen molar-refractivity contribution >= 4 is 0 Å². The second kappa shape index (κ2) is 5.33. The van der Waals surface area contributed by atoms with Crippen LogP contribution in [-0.4, -0.2) is 6.04 Å². The molecule has 0 aliphatic carbocycles. The molecule has 0 radical (unpaired) electrons. The fraction of sp³-hybridized carbons (Fsp3) is 0.778. The second-order valence-electron chi connectivity index (χ2n) is 3.54. The number of hydrazine groups is 1. The zero-order chi connectivity index (χ0) is 8.85. The van der Waals surface area contributed by atoms with Crippen molar-refractivity contribution in [3.05, 3.63) is 12.2 Å². The van der Waals surface area contributed by atoms with Crippen molar-refractivity contribution < 1.29 is 0 Å². The van der Waals surface area contributed by atoms with Gasteiger partial charge in [-0.25, -0.2) is 0 Å². The predicted octanol–water partition coefficient (Wildman–Crippen LogP) is 1.83. The van der Waals surface area contributed by atoms with Gasteiger partial charge in [-0.05, 0) is 25.7 Å². The van der Waals surface area contributed by atoms with Crippen LogP contribution in [0.1, 0.15) is 33.6 Å². The summed E-state index contributed by atoms with van der Waals surface area (Å²) in [6.07, 6.45) is 2.28. The Kier molecular flexibility index (Phi) is 5.16. The van der Waals surface area contributed by atoms with E-state index in [0.29, 0.717) is 0 Å². The fourth-order valence-corrected chi connectivity index (χ4v) is 0.972. The van der Waals surface area contributed by atoms with Crippen molar-refractivity contribution in [3.63, 3.8) is 0 Å². The van der Waals surface area contributed by atoms with Gasteiger partial charge in [0.25, 0.3) is 0 Å². The Morgan fingerprint density at radius 3 is 2.27 bits per heavy atom. The first kappa shape index (κ1) is 10.7. The molecule has 11 heavy (non-hydrogen) atoms. The van der Waals surface area contributed by atoms with Gasteiger partial charge in [-0.15, -0.1) is 0 Å². The zero-order valence-electron chi connectivity index (χ0n) is 7.85. The van der Waals surface area contributed by atoms with E-state index in [4.69, 9.17) is 5.84 Å². The van der Waals surface area contributed by atoms with E-state index < -0.39 is 0 Å². The van der Waals surface area contributed by atoms with Gasteiger partial charge in [-0.3, -0.25) is 11.3 Å². The van der Waals surface area contributed by atoms with Crippen LogP contribution >= 0.6 is 0 Å². The molecule has 1 unspecified atom stereocenters. The van der Waals surface area contributed by atoms with Gasteiger partial charge in [0, 0.05) is 6.04 Å². The molecule has 0 saturated carbocycles. The van der Waals surface area contributed by atoms with Crippen molar-refractivity contribution in [2.75, 3.05) is 0 Å². The van der Waals surface area contributed by atoms with E-state index in [1.807, 2.05) is 6.92 Å². The predicted molar refractivity (Wildman–Crippen MR) is 50.0 cm³/mol. The highest BCUT2D eigenvalue weighted by atomic mass is 15.2. The normalized spacial score (nSPS) is 13.5. The molecule has 1 atom stereocenters. The van der Waals surface area contributed by atoms with Crippen LogP contribution in [0.4, 0.5) is 0 Å². The molecule has 2 nitrogen and oxygen atoms in total. The fourth-order valence-electron chi connectivity index (χ4n) is 0.972. The number of nitrogens with two attached hydrogens (primary N) is 1. The topological polar surface area (TPSA) is 38.0 Å². The van der Waals surface area contributed by atoms with Gasteiger partial charge in [0.1, 0.15) is 0 Å². The lowest BCUT2D eigenvalue weighted by Gasteiger charge is -2.16. The molecular formula is C9H20N2. The van der Waals surface area contributed by atoms with Crippen LogP contribution < -0.4 is 11.3 Å². The highest BCUT2D eigenvalue weighted by molar-refractivity contribution is 5.00. The van der Waals surface area contributed by atoms with Gasteiger partial charge < -0.3 is 0 Å². The molecule has 0 bridgehead atoms. The van der Waals surface area contributed by atoms with Crippen LogP contribution in [-0.2, 0) is 0 Å². The van der Waals surface area contributed by atoms with Crippen molar-refractivity contribution in [2.45, 2.75) is 39.7 Å². The smallest absolute Gasteiger partial charge is 0.0414 e. The Hall–Kier alpha value is -0.340. The second-order valence-corrected chi connectivity index (χ2v) is 3.54. The first-order chi connectivity index (χ1) is 5.07. The van der Waals surface area contributed by atoms with E-state index in [2.05, 4.69) is 25.9 Å². The van der Waals surface area contributed by atoms with Crippen molar-refractivity contribution in [1.29, 1.82) is 0 Å². The van der Waals surface area contributed by atoms with Crippen LogP contribution in [0, 0.1) is 5.92 Å². The van der Waals surface area contributed by atoms with Gasteiger partial charge in [0.15, 0.2) is 0 Å². The lowest BCUT2D eigenvalue weighted by Crippen LogP contribution is -2.35. The SMILES string of the molecule is C=C(C)C(CCC(C)C)NN. The molecule has 0 amide bonds. The number of rotatable bonds is 5. The van der Waals surface area contributed by atoms with Crippen LogP contribution in [0.5, 0.6) is 0 Å². The van der Waals surface area contributed by atoms with Crippen LogP contribution in [0.3, 0.4) is 0 Å². The van der Waals surface area contributed by atoms with Crippen LogP contribution in [0.25, 0.3) is 0 Å². The lowest BCUT2D eigenvalue weighted by atomic mass is 10.00. The zero-order valence-corrected chi connectivity index (χ0v) is 7.85. The van der Waals surface area contributed by atoms with Crippen LogP contribution in [0.15, 0.2) is 12.2 Å². The minimum Gasteiger partial charge on any atom is -0.271 e. The summed E-state index contributed by atoms with van der Waals surface area (Å²) in [5.74, 6) is 6.09. The summed E-state index contributed by atoms with van der Waals surface area (Å²) in [5, 5.41) is 0. The summed E-state index contributed by atoms with van der Waals surface area (Å²) >= 11 is 0. The molecule has 0 spiro atoms. The van der Waals surface area contributed by atoms with Crippen molar-refractivity contribution in [2.24, 2.45) is 11.8 Å². The van der Waals surface area contributed by atoms with E-state index >= 15 is 0 Å². The van der Waals surface area contributed by atoms with Crippen LogP contribution in [0.2, 0.25) is 0 Å². The van der Waals surface area contributed by atoms with E-state index in [0.717, 1.165) is 17.9 Å². The molecule has 0 fully saturated rings. The Bertz CT molecular complexity index is 119. The summed E-state index contributed by atoms with van der Waals surface area (Å²) in [4.78, 5) is 0. The molecule has 0 aromatic heterocycles. The van der Waals surface area contributed by atoms with Gasteiger partial charge in [-0.2, -0.15) is 0 Å². The highest BCUT2D eigenvalue weighted by Gasteiger charge is 2.06. The summed E-state index contributed by atoms with van der Waals surface area (Å²) in [7, 11) is 0. The van der Waals surface area contributed by atoms with E-state index in [1.165, 1.54) is 6.42 Å². The standard InChI is InChI=1S/C9H20N2/c1-7(2)5-6-9(11-10)8(3)4/h7,9,11H,3,5-6,10H2,1-2,4H3. The van der Waals surface area contributed by atoms with Gasteiger partial charge in [0.2, 0.25) is 0 Å². The molecule has 0 aromatic rings. The molecule has 66 valence electrons. The maximum atomic E-state index is 5.35. The Morgan fingerprint density at radius 1 is 1.45 bits per heavy atom. The Labute approximate surface area is 69.8 Å². The lowest BCUT2D eigenvalue weighted by molar-refractivity contribution is 0.473. The summed E-state index contributed by atoms with van der Waals surface area (Å²) < 4.78 is 0. The molecule has 2 heteroatoms. The quantitative estimate of drug-likeness (QED) is 0.362. The molecule has 0 aromatic carbocycles. The first-order valence-corrected chi connectivity index (χ1v) is 4.19. The summed E-state index contributed by atoms with van der Waals surface area (Å²) in [5.41, 5.74) is 3.88. The monoisotopic (exact) mass is 156 g/mol. The molecule has 0 aliphatic heterocycles. The highest BCUT2D eigenvalue weighted by Crippen LogP contribution is 2.10. The molecular weight excluding hydrogens is 136 g/mol. The minimum absolute atomic E-state index is 0.289. The van der Waals surface area contributed by atoms with E-state index in [-0.39, 0.29) is 6.04 Å². The third-order valence-electron chi connectivity index (χ3n) is 1.83. The maximum absolute atomic E-state index is 5.35. The average Bonchev–Trinajstić information content (AvgIpc) is 1.87. The van der Waals surface area contributed by atoms with E-state index in [9.17, 15) is 0 Å². The third-order valence-corrected chi connectivity index (χ3v) is 1.83. The Balaban J connectivity index is 3.61. The maximum Gasteiger partial charge on any atom is 0.0414 e. The van der Waals surface area contributed by atoms with Crippen molar-refractivity contribution in [1.82, 2.24) is 5.43 Å². The average molecular weight is 156 g/mol.